The number of anilines is 1. The summed E-state index contributed by atoms with van der Waals surface area (Å²) in [6, 6.07) is 10.2. The highest BCUT2D eigenvalue weighted by Crippen LogP contribution is 2.79. The van der Waals surface area contributed by atoms with Crippen LogP contribution in [-0.4, -0.2) is 11.3 Å². The van der Waals surface area contributed by atoms with Gasteiger partial charge in [-0.1, -0.05) is 45.0 Å². The SMILES string of the molecule is C=C[C@@]1(C)C(C#N)=C2[C@]3(C(=O)Nc4ccccc43)C(C)(C)[C@@]2(C)C[C@H]1Cl. The number of allylic oxidation sites excluding steroid dienone is 2. The second-order valence-corrected chi connectivity index (χ2v) is 9.25. The van der Waals surface area contributed by atoms with Gasteiger partial charge in [0.25, 0.3) is 0 Å². The van der Waals surface area contributed by atoms with Crippen LogP contribution in [0, 0.1) is 27.6 Å². The van der Waals surface area contributed by atoms with Crippen LogP contribution in [0.25, 0.3) is 0 Å². The van der Waals surface area contributed by atoms with Gasteiger partial charge in [0.2, 0.25) is 5.91 Å². The van der Waals surface area contributed by atoms with Gasteiger partial charge in [0.1, 0.15) is 5.41 Å². The van der Waals surface area contributed by atoms with Gasteiger partial charge in [-0.05, 0) is 41.4 Å². The number of carbonyl (C=O) groups excluding carboxylic acids is 1. The molecule has 3 aliphatic rings. The molecule has 1 spiro atoms. The Morgan fingerprint density at radius 2 is 1.96 bits per heavy atom. The van der Waals surface area contributed by atoms with Crippen molar-refractivity contribution >= 4 is 23.2 Å². The lowest BCUT2D eigenvalue weighted by molar-refractivity contribution is -0.141. The predicted molar refractivity (Wildman–Crippen MR) is 104 cm³/mol. The van der Waals surface area contributed by atoms with Crippen LogP contribution in [0.15, 0.2) is 48.1 Å². The molecule has 4 rings (SSSR count). The van der Waals surface area contributed by atoms with Gasteiger partial charge in [0.05, 0.1) is 6.07 Å². The van der Waals surface area contributed by atoms with Crippen molar-refractivity contribution in [3.8, 4) is 6.07 Å². The molecule has 0 aromatic heterocycles. The third-order valence-corrected chi connectivity index (χ3v) is 8.33. The molecule has 4 heteroatoms. The van der Waals surface area contributed by atoms with Gasteiger partial charge in [0.15, 0.2) is 0 Å². The number of halogens is 1. The normalized spacial score (nSPS) is 39.5. The molecule has 1 N–H and O–H groups in total. The standard InChI is InChI=1S/C22H23ClN2O/c1-6-20(4)14(12-24)17-21(5,11-16(20)23)19(2,3)22(17)13-9-7-8-10-15(13)25-18(22)26/h6-10,16H,1,11H2,2-5H3,(H,25,26)/t16-,20+,21+,22-/m1/s1. The van der Waals surface area contributed by atoms with Gasteiger partial charge in [-0.25, -0.2) is 0 Å². The summed E-state index contributed by atoms with van der Waals surface area (Å²) in [5, 5.41) is 12.9. The second kappa shape index (κ2) is 4.81. The third kappa shape index (κ3) is 1.47. The first kappa shape index (κ1) is 17.4. The Morgan fingerprint density at radius 3 is 2.58 bits per heavy atom. The number of para-hydroxylation sites is 1. The largest absolute Gasteiger partial charge is 0.325 e. The molecule has 1 aromatic carbocycles. The highest BCUT2D eigenvalue weighted by atomic mass is 35.5. The van der Waals surface area contributed by atoms with E-state index in [4.69, 9.17) is 11.6 Å². The van der Waals surface area contributed by atoms with E-state index in [0.717, 1.165) is 16.8 Å². The van der Waals surface area contributed by atoms with Gasteiger partial charge in [-0.15, -0.1) is 18.2 Å². The van der Waals surface area contributed by atoms with E-state index in [9.17, 15) is 10.1 Å². The third-order valence-electron chi connectivity index (χ3n) is 7.73. The van der Waals surface area contributed by atoms with E-state index in [1.54, 1.807) is 6.08 Å². The van der Waals surface area contributed by atoms with Crippen LogP contribution >= 0.6 is 11.6 Å². The first-order valence-electron chi connectivity index (χ1n) is 8.97. The Labute approximate surface area is 159 Å². The zero-order valence-corrected chi connectivity index (χ0v) is 16.4. The molecule has 4 atom stereocenters. The minimum Gasteiger partial charge on any atom is -0.325 e. The van der Waals surface area contributed by atoms with Crippen molar-refractivity contribution in [3.63, 3.8) is 0 Å². The summed E-state index contributed by atoms with van der Waals surface area (Å²) in [7, 11) is 0. The van der Waals surface area contributed by atoms with E-state index in [1.807, 2.05) is 31.2 Å². The summed E-state index contributed by atoms with van der Waals surface area (Å²) >= 11 is 6.78. The van der Waals surface area contributed by atoms with E-state index >= 15 is 0 Å². The van der Waals surface area contributed by atoms with Gasteiger partial charge >= 0.3 is 0 Å². The van der Waals surface area contributed by atoms with Crippen LogP contribution in [0.2, 0.25) is 0 Å². The summed E-state index contributed by atoms with van der Waals surface area (Å²) in [5.74, 6) is -0.0386. The number of nitriles is 1. The van der Waals surface area contributed by atoms with Crippen LogP contribution in [0.4, 0.5) is 5.69 Å². The van der Waals surface area contributed by atoms with Crippen molar-refractivity contribution < 1.29 is 4.79 Å². The lowest BCUT2D eigenvalue weighted by Gasteiger charge is -2.71. The second-order valence-electron chi connectivity index (χ2n) is 8.73. The van der Waals surface area contributed by atoms with Crippen LogP contribution in [0.1, 0.15) is 39.7 Å². The zero-order chi connectivity index (χ0) is 19.1. The van der Waals surface area contributed by atoms with Gasteiger partial charge in [-0.3, -0.25) is 4.79 Å². The molecule has 0 unspecified atom stereocenters. The minimum atomic E-state index is -0.829. The van der Waals surface area contributed by atoms with Crippen LogP contribution in [0.3, 0.4) is 0 Å². The fourth-order valence-electron chi connectivity index (χ4n) is 5.74. The lowest BCUT2D eigenvalue weighted by Crippen LogP contribution is -2.72. The molecular weight excluding hydrogens is 344 g/mol. The number of alkyl halides is 1. The summed E-state index contributed by atoms with van der Waals surface area (Å²) in [5.41, 5.74) is 1.18. The van der Waals surface area contributed by atoms with Crippen LogP contribution in [0.5, 0.6) is 0 Å². The Morgan fingerprint density at radius 1 is 1.31 bits per heavy atom. The molecule has 2 aliphatic carbocycles. The molecule has 0 radical (unpaired) electrons. The molecule has 1 fully saturated rings. The number of hydrogen-bond donors (Lipinski definition) is 1. The highest BCUT2D eigenvalue weighted by molar-refractivity contribution is 6.22. The number of carbonyl (C=O) groups is 1. The average molecular weight is 367 g/mol. The predicted octanol–water partition coefficient (Wildman–Crippen LogP) is 4.95. The van der Waals surface area contributed by atoms with E-state index in [-0.39, 0.29) is 22.1 Å². The topological polar surface area (TPSA) is 52.9 Å². The maximum absolute atomic E-state index is 13.4. The number of nitrogens with zero attached hydrogens (tertiary/aromatic N) is 1. The quantitative estimate of drug-likeness (QED) is 0.565. The molecule has 1 aliphatic heterocycles. The number of benzene rings is 1. The van der Waals surface area contributed by atoms with Crippen molar-refractivity contribution in [2.45, 2.75) is 44.9 Å². The van der Waals surface area contributed by atoms with Crippen molar-refractivity contribution in [2.24, 2.45) is 16.2 Å². The summed E-state index contributed by atoms with van der Waals surface area (Å²) in [6.07, 6.45) is 2.48. The Kier molecular flexibility index (Phi) is 3.21. The van der Waals surface area contributed by atoms with Gasteiger partial charge < -0.3 is 5.32 Å². The Hall–Kier alpha value is -2.05. The molecular formula is C22H23ClN2O. The maximum atomic E-state index is 13.4. The summed E-state index contributed by atoms with van der Waals surface area (Å²) < 4.78 is 0. The Balaban J connectivity index is 2.14. The van der Waals surface area contributed by atoms with E-state index in [0.29, 0.717) is 12.0 Å². The molecule has 3 nitrogen and oxygen atoms in total. The fraction of sp³-hybridized carbons (Fsp3) is 0.455. The minimum absolute atomic E-state index is 0.0386. The first-order valence-corrected chi connectivity index (χ1v) is 9.41. The maximum Gasteiger partial charge on any atom is 0.239 e. The number of hydrogen-bond acceptors (Lipinski definition) is 2. The number of nitrogens with one attached hydrogen (secondary N) is 1. The van der Waals surface area contributed by atoms with Crippen molar-refractivity contribution in [1.29, 1.82) is 5.26 Å². The molecule has 1 saturated carbocycles. The van der Waals surface area contributed by atoms with Crippen LogP contribution in [-0.2, 0) is 10.2 Å². The number of amides is 1. The summed E-state index contributed by atoms with van der Waals surface area (Å²) in [4.78, 5) is 13.4. The molecule has 0 saturated heterocycles. The van der Waals surface area contributed by atoms with E-state index in [1.165, 1.54) is 0 Å². The van der Waals surface area contributed by atoms with E-state index < -0.39 is 10.8 Å². The molecule has 1 aromatic rings. The average Bonchev–Trinajstić information content (AvgIpc) is 2.91. The molecule has 26 heavy (non-hydrogen) atoms. The van der Waals surface area contributed by atoms with Gasteiger partial charge in [-0.2, -0.15) is 5.26 Å². The summed E-state index contributed by atoms with van der Waals surface area (Å²) in [6.45, 7) is 12.3. The van der Waals surface area contributed by atoms with Crippen molar-refractivity contribution in [2.75, 3.05) is 5.32 Å². The molecule has 1 heterocycles. The monoisotopic (exact) mass is 366 g/mol. The lowest BCUT2D eigenvalue weighted by atomic mass is 9.30. The molecule has 1 amide bonds. The molecule has 0 bridgehead atoms. The fourth-order valence-corrected chi connectivity index (χ4v) is 6.25. The van der Waals surface area contributed by atoms with E-state index in [2.05, 4.69) is 38.7 Å². The molecule has 134 valence electrons. The Bertz CT molecular complexity index is 940. The first-order chi connectivity index (χ1) is 12.1. The number of rotatable bonds is 1. The number of fused-ring (bicyclic) bond motifs is 4. The highest BCUT2D eigenvalue weighted by Gasteiger charge is 2.79. The zero-order valence-electron chi connectivity index (χ0n) is 15.6. The van der Waals surface area contributed by atoms with Crippen molar-refractivity contribution in [1.82, 2.24) is 0 Å². The van der Waals surface area contributed by atoms with Gasteiger partial charge in [0, 0.05) is 22.1 Å². The van der Waals surface area contributed by atoms with Crippen molar-refractivity contribution in [3.05, 3.63) is 53.6 Å². The smallest absolute Gasteiger partial charge is 0.239 e. The van der Waals surface area contributed by atoms with Crippen LogP contribution < -0.4 is 5.32 Å².